The SMILES string of the molecule is Cc1cc(C(C)O)c2oc(N3CCN(C(=O)OCC4c5ccccc5-c5ccccc54)CC3)cc(=O)c2c1. The molecule has 38 heavy (non-hydrogen) atoms. The summed E-state index contributed by atoms with van der Waals surface area (Å²) in [5, 5.41) is 10.7. The van der Waals surface area contributed by atoms with Crippen molar-refractivity contribution in [1.29, 1.82) is 0 Å². The number of aliphatic hydroxyl groups is 1. The summed E-state index contributed by atoms with van der Waals surface area (Å²) >= 11 is 0. The van der Waals surface area contributed by atoms with Gasteiger partial charge in [-0.15, -0.1) is 0 Å². The normalized spacial score (nSPS) is 15.9. The second-order valence-electron chi connectivity index (χ2n) is 10.1. The molecule has 0 bridgehead atoms. The topological polar surface area (TPSA) is 83.2 Å². The van der Waals surface area contributed by atoms with Crippen LogP contribution in [0.2, 0.25) is 0 Å². The predicted molar refractivity (Wildman–Crippen MR) is 147 cm³/mol. The average Bonchev–Trinajstić information content (AvgIpc) is 3.25. The summed E-state index contributed by atoms with van der Waals surface area (Å²) < 4.78 is 12.0. The van der Waals surface area contributed by atoms with Gasteiger partial charge in [0.2, 0.25) is 0 Å². The van der Waals surface area contributed by atoms with Gasteiger partial charge in [0.05, 0.1) is 11.5 Å². The smallest absolute Gasteiger partial charge is 0.409 e. The van der Waals surface area contributed by atoms with E-state index in [1.165, 1.54) is 28.3 Å². The van der Waals surface area contributed by atoms with Crippen LogP contribution in [-0.2, 0) is 4.74 Å². The molecule has 1 saturated heterocycles. The number of anilines is 1. The molecule has 0 spiro atoms. The van der Waals surface area contributed by atoms with Gasteiger partial charge in [0.15, 0.2) is 11.3 Å². The van der Waals surface area contributed by atoms with Crippen LogP contribution in [0.3, 0.4) is 0 Å². The molecule has 0 saturated carbocycles. The van der Waals surface area contributed by atoms with Crippen molar-refractivity contribution in [3.05, 3.63) is 99.2 Å². The van der Waals surface area contributed by atoms with Crippen molar-refractivity contribution in [3.63, 3.8) is 0 Å². The Kier molecular flexibility index (Phi) is 6.16. The molecule has 1 aliphatic carbocycles. The largest absolute Gasteiger partial charge is 0.448 e. The number of carbonyl (C=O) groups excluding carboxylic acids is 1. The fourth-order valence-electron chi connectivity index (χ4n) is 5.68. The monoisotopic (exact) mass is 510 g/mol. The summed E-state index contributed by atoms with van der Waals surface area (Å²) in [5.41, 5.74) is 6.51. The number of piperazine rings is 1. The van der Waals surface area contributed by atoms with E-state index in [0.29, 0.717) is 48.6 Å². The Balaban J connectivity index is 1.14. The van der Waals surface area contributed by atoms with E-state index < -0.39 is 6.10 Å². The fourth-order valence-corrected chi connectivity index (χ4v) is 5.68. The first-order chi connectivity index (χ1) is 18.4. The number of ether oxygens (including phenoxy) is 1. The lowest BCUT2D eigenvalue weighted by molar-refractivity contribution is 0.0973. The molecule has 1 fully saturated rings. The lowest BCUT2D eigenvalue weighted by atomic mass is 9.98. The highest BCUT2D eigenvalue weighted by atomic mass is 16.6. The number of nitrogens with zero attached hydrogens (tertiary/aromatic N) is 2. The number of hydrogen-bond acceptors (Lipinski definition) is 6. The third kappa shape index (κ3) is 4.23. The van der Waals surface area contributed by atoms with Crippen molar-refractivity contribution < 1.29 is 19.1 Å². The second-order valence-corrected chi connectivity index (χ2v) is 10.1. The van der Waals surface area contributed by atoms with E-state index in [1.54, 1.807) is 17.9 Å². The first kappa shape index (κ1) is 24.2. The van der Waals surface area contributed by atoms with Crippen LogP contribution in [0.25, 0.3) is 22.1 Å². The van der Waals surface area contributed by atoms with E-state index in [4.69, 9.17) is 9.15 Å². The summed E-state index contributed by atoms with van der Waals surface area (Å²) in [7, 11) is 0. The molecule has 7 nitrogen and oxygen atoms in total. The van der Waals surface area contributed by atoms with Crippen molar-refractivity contribution in [2.45, 2.75) is 25.9 Å². The van der Waals surface area contributed by atoms with Gasteiger partial charge >= 0.3 is 6.09 Å². The minimum atomic E-state index is -0.763. The lowest BCUT2D eigenvalue weighted by Crippen LogP contribution is -2.49. The molecule has 1 unspecified atom stereocenters. The maximum Gasteiger partial charge on any atom is 0.409 e. The van der Waals surface area contributed by atoms with Gasteiger partial charge in [-0.25, -0.2) is 4.79 Å². The number of carbonyl (C=O) groups is 1. The van der Waals surface area contributed by atoms with Gasteiger partial charge in [-0.2, -0.15) is 0 Å². The van der Waals surface area contributed by atoms with Crippen LogP contribution in [0.5, 0.6) is 0 Å². The Morgan fingerprint density at radius 3 is 2.26 bits per heavy atom. The number of aliphatic hydroxyl groups excluding tert-OH is 1. The Bertz CT molecular complexity index is 1540. The van der Waals surface area contributed by atoms with Crippen molar-refractivity contribution in [3.8, 4) is 11.1 Å². The van der Waals surface area contributed by atoms with Crippen molar-refractivity contribution in [2.24, 2.45) is 0 Å². The van der Waals surface area contributed by atoms with Gasteiger partial charge in [-0.05, 0) is 53.8 Å². The molecule has 194 valence electrons. The number of fused-ring (bicyclic) bond motifs is 4. The third-order valence-corrected chi connectivity index (χ3v) is 7.62. The molecule has 2 heterocycles. The zero-order valence-corrected chi connectivity index (χ0v) is 21.5. The van der Waals surface area contributed by atoms with Crippen molar-refractivity contribution >= 4 is 22.9 Å². The maximum atomic E-state index is 13.0. The second kappa shape index (κ2) is 9.65. The Labute approximate surface area is 220 Å². The first-order valence-corrected chi connectivity index (χ1v) is 13.0. The number of amides is 1. The summed E-state index contributed by atoms with van der Waals surface area (Å²) in [4.78, 5) is 29.5. The first-order valence-electron chi connectivity index (χ1n) is 13.0. The summed E-state index contributed by atoms with van der Waals surface area (Å²) in [5.74, 6) is 0.465. The van der Waals surface area contributed by atoms with Gasteiger partial charge in [-0.3, -0.25) is 4.79 Å². The van der Waals surface area contributed by atoms with E-state index in [2.05, 4.69) is 24.3 Å². The van der Waals surface area contributed by atoms with Crippen LogP contribution in [0.1, 0.15) is 41.2 Å². The van der Waals surface area contributed by atoms with Crippen LogP contribution >= 0.6 is 0 Å². The lowest BCUT2D eigenvalue weighted by Gasteiger charge is -2.34. The van der Waals surface area contributed by atoms with Gasteiger partial charge in [0.25, 0.3) is 0 Å². The molecular formula is C31H30N2O5. The minimum Gasteiger partial charge on any atom is -0.448 e. The van der Waals surface area contributed by atoms with Crippen LogP contribution in [0, 0.1) is 6.92 Å². The zero-order chi connectivity index (χ0) is 26.4. The van der Waals surface area contributed by atoms with Crippen molar-refractivity contribution in [1.82, 2.24) is 4.90 Å². The van der Waals surface area contributed by atoms with Crippen molar-refractivity contribution in [2.75, 3.05) is 37.7 Å². The number of benzene rings is 3. The number of hydrogen-bond donors (Lipinski definition) is 1. The highest BCUT2D eigenvalue weighted by Gasteiger charge is 2.30. The minimum absolute atomic E-state index is 0.0197. The molecule has 7 heteroatoms. The Hall–Kier alpha value is -4.10. The molecule has 1 aromatic heterocycles. The molecule has 1 N–H and O–H groups in total. The molecule has 4 aromatic rings. The van der Waals surface area contributed by atoms with E-state index in [0.717, 1.165) is 5.56 Å². The summed E-state index contributed by atoms with van der Waals surface area (Å²) in [6.07, 6.45) is -1.10. The summed E-state index contributed by atoms with van der Waals surface area (Å²) in [6.45, 7) is 5.76. The van der Waals surface area contributed by atoms with E-state index >= 15 is 0 Å². The van der Waals surface area contributed by atoms with Gasteiger partial charge in [-0.1, -0.05) is 48.5 Å². The maximum absolute atomic E-state index is 13.0. The predicted octanol–water partition coefficient (Wildman–Crippen LogP) is 5.23. The van der Waals surface area contributed by atoms with E-state index in [-0.39, 0.29) is 24.0 Å². The van der Waals surface area contributed by atoms with E-state index in [1.807, 2.05) is 42.2 Å². The molecule has 1 atom stereocenters. The van der Waals surface area contributed by atoms with Gasteiger partial charge in [0, 0.05) is 43.7 Å². The molecule has 2 aliphatic rings. The highest BCUT2D eigenvalue weighted by molar-refractivity contribution is 5.82. The summed E-state index contributed by atoms with van der Waals surface area (Å²) in [6, 6.07) is 21.7. The molecule has 1 amide bonds. The molecule has 3 aromatic carbocycles. The quantitative estimate of drug-likeness (QED) is 0.405. The fraction of sp³-hybridized carbons (Fsp3) is 0.290. The van der Waals surface area contributed by atoms with Gasteiger partial charge in [0.1, 0.15) is 12.2 Å². The molecular weight excluding hydrogens is 480 g/mol. The van der Waals surface area contributed by atoms with Crippen LogP contribution in [-0.4, -0.2) is 48.9 Å². The van der Waals surface area contributed by atoms with E-state index in [9.17, 15) is 14.7 Å². The highest BCUT2D eigenvalue weighted by Crippen LogP contribution is 2.44. The molecule has 1 aliphatic heterocycles. The Morgan fingerprint density at radius 1 is 1.00 bits per heavy atom. The van der Waals surface area contributed by atoms with Crippen LogP contribution in [0.4, 0.5) is 10.7 Å². The molecule has 0 radical (unpaired) electrons. The zero-order valence-electron chi connectivity index (χ0n) is 21.5. The third-order valence-electron chi connectivity index (χ3n) is 7.62. The molecule has 6 rings (SSSR count). The standard InChI is InChI=1S/C31H30N2O5/c1-19-15-25(20(2)34)30-26(16-19)28(35)17-29(38-30)32-11-13-33(14-12-32)31(36)37-18-27-23-9-5-3-7-21(23)22-8-4-6-10-24(22)27/h3-10,15-17,20,27,34H,11-14,18H2,1-2H3. The van der Waals surface area contributed by atoms with Crippen LogP contribution < -0.4 is 10.3 Å². The average molecular weight is 511 g/mol. The number of rotatable bonds is 4. The number of aryl methyl sites for hydroxylation is 1. The van der Waals surface area contributed by atoms with Crippen LogP contribution in [0.15, 0.2) is 75.9 Å². The van der Waals surface area contributed by atoms with Gasteiger partial charge < -0.3 is 24.1 Å². The Morgan fingerprint density at radius 2 is 1.63 bits per heavy atom.